The van der Waals surface area contributed by atoms with Gasteiger partial charge in [0, 0.05) is 37.0 Å². The highest BCUT2D eigenvalue weighted by Crippen LogP contribution is 2.29. The fourth-order valence-corrected chi connectivity index (χ4v) is 3.97. The van der Waals surface area contributed by atoms with Crippen LogP contribution in [0.4, 0.5) is 0 Å². The summed E-state index contributed by atoms with van der Waals surface area (Å²) < 4.78 is 0. The minimum atomic E-state index is -0.0942. The van der Waals surface area contributed by atoms with Crippen molar-refractivity contribution in [1.82, 2.24) is 19.9 Å². The molecule has 5 rings (SSSR count). The maximum Gasteiger partial charge on any atom is 0.254 e. The van der Waals surface area contributed by atoms with Crippen molar-refractivity contribution >= 4 is 10.8 Å². The third kappa shape index (κ3) is 3.28. The van der Waals surface area contributed by atoms with Crippen LogP contribution in [0, 0.1) is 0 Å². The van der Waals surface area contributed by atoms with E-state index in [-0.39, 0.29) is 5.56 Å². The molecule has 0 atom stereocenters. The molecule has 4 aromatic rings. The van der Waals surface area contributed by atoms with Crippen LogP contribution in [0.15, 0.2) is 65.6 Å². The van der Waals surface area contributed by atoms with Gasteiger partial charge in [0.15, 0.2) is 5.82 Å². The zero-order chi connectivity index (χ0) is 19.8. The molecule has 2 aromatic heterocycles. The lowest BCUT2D eigenvalue weighted by Gasteiger charge is -2.28. The number of aromatic nitrogens is 3. The molecular formula is C23H20N4O2. The van der Waals surface area contributed by atoms with Crippen molar-refractivity contribution < 1.29 is 5.11 Å². The number of hydrogen-bond acceptors (Lipinski definition) is 5. The second-order valence-corrected chi connectivity index (χ2v) is 7.30. The number of nitrogens with one attached hydrogen (secondary N) is 1. The van der Waals surface area contributed by atoms with Gasteiger partial charge < -0.3 is 10.1 Å². The minimum absolute atomic E-state index is 0.0942. The number of pyridine rings is 1. The van der Waals surface area contributed by atoms with E-state index in [0.29, 0.717) is 36.8 Å². The summed E-state index contributed by atoms with van der Waals surface area (Å²) in [5.41, 5.74) is 2.98. The Hall–Kier alpha value is -3.51. The molecule has 0 amide bonds. The third-order valence-electron chi connectivity index (χ3n) is 5.46. The number of fused-ring (bicyclic) bond motifs is 2. The predicted molar refractivity (Wildman–Crippen MR) is 112 cm³/mol. The summed E-state index contributed by atoms with van der Waals surface area (Å²) >= 11 is 0. The lowest BCUT2D eigenvalue weighted by atomic mass is 10.0. The van der Waals surface area contributed by atoms with Crippen LogP contribution in [0.5, 0.6) is 5.75 Å². The first kappa shape index (κ1) is 17.6. The molecule has 3 heterocycles. The second kappa shape index (κ2) is 7.14. The average molecular weight is 384 g/mol. The van der Waals surface area contributed by atoms with E-state index in [0.717, 1.165) is 34.1 Å². The molecule has 0 bridgehead atoms. The molecule has 1 aliphatic rings. The summed E-state index contributed by atoms with van der Waals surface area (Å²) in [5, 5.41) is 12.6. The zero-order valence-electron chi connectivity index (χ0n) is 15.8. The maximum atomic E-state index is 12.6. The van der Waals surface area contributed by atoms with E-state index in [2.05, 4.69) is 14.9 Å². The number of hydrogen-bond donors (Lipinski definition) is 2. The maximum absolute atomic E-state index is 12.6. The Morgan fingerprint density at radius 3 is 2.79 bits per heavy atom. The molecule has 0 spiro atoms. The number of nitrogens with zero attached hydrogens (tertiary/aromatic N) is 3. The smallest absolute Gasteiger partial charge is 0.254 e. The van der Waals surface area contributed by atoms with E-state index in [1.54, 1.807) is 12.3 Å². The molecule has 0 saturated heterocycles. The summed E-state index contributed by atoms with van der Waals surface area (Å²) in [5.74, 6) is 0.784. The summed E-state index contributed by atoms with van der Waals surface area (Å²) in [6, 6.07) is 17.3. The van der Waals surface area contributed by atoms with Crippen molar-refractivity contribution in [3.8, 4) is 17.3 Å². The van der Waals surface area contributed by atoms with E-state index in [4.69, 9.17) is 4.98 Å². The summed E-state index contributed by atoms with van der Waals surface area (Å²) in [7, 11) is 0. The molecule has 0 fully saturated rings. The van der Waals surface area contributed by atoms with Crippen molar-refractivity contribution in [1.29, 1.82) is 0 Å². The zero-order valence-corrected chi connectivity index (χ0v) is 15.8. The first-order chi connectivity index (χ1) is 14.2. The first-order valence-corrected chi connectivity index (χ1v) is 9.64. The van der Waals surface area contributed by atoms with Crippen LogP contribution in [0.2, 0.25) is 0 Å². The molecular weight excluding hydrogens is 364 g/mol. The Bertz CT molecular complexity index is 1250. The molecule has 2 N–H and O–H groups in total. The number of phenols is 1. The summed E-state index contributed by atoms with van der Waals surface area (Å²) in [6.45, 7) is 1.89. The Morgan fingerprint density at radius 1 is 1.07 bits per heavy atom. The van der Waals surface area contributed by atoms with Gasteiger partial charge in [-0.3, -0.25) is 14.7 Å². The Morgan fingerprint density at radius 2 is 1.93 bits per heavy atom. The standard InChI is InChI=1S/C23H20N4O2/c28-21-9-8-15-5-1-2-6-16(15)18(21)13-27-12-10-17-20(14-27)25-22(26-23(17)29)19-7-3-4-11-24-19/h1-9,11,28H,10,12-14H2,(H,25,26,29). The molecule has 144 valence electrons. The van der Waals surface area contributed by atoms with Crippen LogP contribution in [0.3, 0.4) is 0 Å². The predicted octanol–water partition coefficient (Wildman–Crippen LogP) is 3.25. The van der Waals surface area contributed by atoms with E-state index < -0.39 is 0 Å². The minimum Gasteiger partial charge on any atom is -0.508 e. The van der Waals surface area contributed by atoms with E-state index in [1.165, 1.54) is 0 Å². The first-order valence-electron chi connectivity index (χ1n) is 9.64. The number of phenolic OH excluding ortho intramolecular Hbond substituents is 1. The molecule has 0 radical (unpaired) electrons. The molecule has 1 aliphatic heterocycles. The van der Waals surface area contributed by atoms with Gasteiger partial charge in [0.1, 0.15) is 11.4 Å². The van der Waals surface area contributed by atoms with Gasteiger partial charge in [-0.25, -0.2) is 4.98 Å². The van der Waals surface area contributed by atoms with Crippen molar-refractivity contribution in [2.45, 2.75) is 19.5 Å². The van der Waals surface area contributed by atoms with Crippen LogP contribution in [0.25, 0.3) is 22.3 Å². The fourth-order valence-electron chi connectivity index (χ4n) is 3.97. The molecule has 0 unspecified atom stereocenters. The van der Waals surface area contributed by atoms with Crippen LogP contribution in [-0.4, -0.2) is 31.5 Å². The fraction of sp³-hybridized carbons (Fsp3) is 0.174. The number of aromatic hydroxyl groups is 1. The van der Waals surface area contributed by atoms with Gasteiger partial charge in [-0.05, 0) is 35.4 Å². The van der Waals surface area contributed by atoms with Gasteiger partial charge in [0.05, 0.1) is 5.69 Å². The molecule has 6 nitrogen and oxygen atoms in total. The topological polar surface area (TPSA) is 82.1 Å². The molecule has 0 saturated carbocycles. The Balaban J connectivity index is 1.48. The number of rotatable bonds is 3. The van der Waals surface area contributed by atoms with Gasteiger partial charge in [-0.1, -0.05) is 36.4 Å². The number of aromatic amines is 1. The molecule has 0 aliphatic carbocycles. The lowest BCUT2D eigenvalue weighted by Crippen LogP contribution is -2.35. The van der Waals surface area contributed by atoms with Crippen molar-refractivity contribution in [2.24, 2.45) is 0 Å². The third-order valence-corrected chi connectivity index (χ3v) is 5.46. The summed E-state index contributed by atoms with van der Waals surface area (Å²) in [6.07, 6.45) is 2.32. The number of benzene rings is 2. The SMILES string of the molecule is O=c1[nH]c(-c2ccccn2)nc2c1CCN(Cc1c(O)ccc3ccccc13)C2. The van der Waals surface area contributed by atoms with Crippen LogP contribution < -0.4 is 5.56 Å². The average Bonchev–Trinajstić information content (AvgIpc) is 2.76. The molecule has 2 aromatic carbocycles. The van der Waals surface area contributed by atoms with Gasteiger partial charge in [-0.15, -0.1) is 0 Å². The Labute approximate surface area is 167 Å². The van der Waals surface area contributed by atoms with Crippen molar-refractivity contribution in [2.75, 3.05) is 6.54 Å². The molecule has 6 heteroatoms. The van der Waals surface area contributed by atoms with E-state index >= 15 is 0 Å². The van der Waals surface area contributed by atoms with Gasteiger partial charge in [-0.2, -0.15) is 0 Å². The van der Waals surface area contributed by atoms with Gasteiger partial charge in [0.2, 0.25) is 0 Å². The van der Waals surface area contributed by atoms with Gasteiger partial charge in [0.25, 0.3) is 5.56 Å². The van der Waals surface area contributed by atoms with Crippen LogP contribution in [-0.2, 0) is 19.5 Å². The normalized spacial score (nSPS) is 14.1. The Kier molecular flexibility index (Phi) is 4.33. The summed E-state index contributed by atoms with van der Waals surface area (Å²) in [4.78, 5) is 26.6. The van der Waals surface area contributed by atoms with Gasteiger partial charge >= 0.3 is 0 Å². The van der Waals surface area contributed by atoms with Crippen molar-refractivity contribution in [3.63, 3.8) is 0 Å². The highest BCUT2D eigenvalue weighted by molar-refractivity contribution is 5.87. The van der Waals surface area contributed by atoms with Crippen LogP contribution in [0.1, 0.15) is 16.8 Å². The highest BCUT2D eigenvalue weighted by atomic mass is 16.3. The monoisotopic (exact) mass is 384 g/mol. The lowest BCUT2D eigenvalue weighted by molar-refractivity contribution is 0.238. The molecule has 29 heavy (non-hydrogen) atoms. The highest BCUT2D eigenvalue weighted by Gasteiger charge is 2.23. The van der Waals surface area contributed by atoms with Crippen molar-refractivity contribution in [3.05, 3.63) is 88.0 Å². The quantitative estimate of drug-likeness (QED) is 0.567. The largest absolute Gasteiger partial charge is 0.508 e. The van der Waals surface area contributed by atoms with E-state index in [1.807, 2.05) is 48.5 Å². The second-order valence-electron chi connectivity index (χ2n) is 7.30. The van der Waals surface area contributed by atoms with Crippen LogP contribution >= 0.6 is 0 Å². The van der Waals surface area contributed by atoms with E-state index in [9.17, 15) is 9.90 Å². The number of H-pyrrole nitrogens is 1.